The van der Waals surface area contributed by atoms with Crippen molar-refractivity contribution in [1.82, 2.24) is 15.3 Å². The van der Waals surface area contributed by atoms with Crippen LogP contribution < -0.4 is 10.9 Å². The van der Waals surface area contributed by atoms with E-state index >= 15 is 0 Å². The fourth-order valence-corrected chi connectivity index (χ4v) is 2.74. The summed E-state index contributed by atoms with van der Waals surface area (Å²) in [5.41, 5.74) is 1.13. The first kappa shape index (κ1) is 13.8. The first-order valence-electron chi connectivity index (χ1n) is 6.26. The molecule has 2 N–H and O–H groups in total. The van der Waals surface area contributed by atoms with Crippen LogP contribution in [0.4, 0.5) is 0 Å². The van der Waals surface area contributed by atoms with Crippen LogP contribution in [-0.4, -0.2) is 22.3 Å². The maximum atomic E-state index is 11.2. The molecule has 1 heterocycles. The molecule has 1 aromatic carbocycles. The second kappa shape index (κ2) is 7.11. The average molecular weight is 275 g/mol. The highest BCUT2D eigenvalue weighted by Crippen LogP contribution is 2.21. The number of rotatable bonds is 6. The summed E-state index contributed by atoms with van der Waals surface area (Å²) in [6.45, 7) is 2.99. The highest BCUT2D eigenvalue weighted by Gasteiger charge is 2.10. The highest BCUT2D eigenvalue weighted by molar-refractivity contribution is 7.99. The quantitative estimate of drug-likeness (QED) is 0.627. The first-order chi connectivity index (χ1) is 9.29. The lowest BCUT2D eigenvalue weighted by Gasteiger charge is -2.17. The van der Waals surface area contributed by atoms with Gasteiger partial charge in [-0.2, -0.15) is 0 Å². The third-order valence-corrected chi connectivity index (χ3v) is 3.67. The van der Waals surface area contributed by atoms with Crippen LogP contribution in [0.1, 0.15) is 18.5 Å². The largest absolute Gasteiger partial charge is 0.309 e. The fourth-order valence-electron chi connectivity index (χ4n) is 1.79. The van der Waals surface area contributed by atoms with E-state index < -0.39 is 0 Å². The zero-order valence-electron chi connectivity index (χ0n) is 10.8. The topological polar surface area (TPSA) is 57.8 Å². The molecule has 0 aliphatic rings. The standard InChI is InChI=1S/C14H17N3OS/c1-2-15-12(11-6-4-3-5-7-11)10-19-14-16-9-8-13(18)17-14/h3-9,12,15H,2,10H2,1H3,(H,16,17,18). The third kappa shape index (κ3) is 4.22. The lowest BCUT2D eigenvalue weighted by molar-refractivity contribution is 0.605. The van der Waals surface area contributed by atoms with Crippen molar-refractivity contribution in [3.63, 3.8) is 0 Å². The Hall–Kier alpha value is -1.59. The molecule has 0 spiro atoms. The van der Waals surface area contributed by atoms with E-state index in [4.69, 9.17) is 0 Å². The molecule has 19 heavy (non-hydrogen) atoms. The van der Waals surface area contributed by atoms with Crippen LogP contribution in [0.3, 0.4) is 0 Å². The Balaban J connectivity index is 2.03. The van der Waals surface area contributed by atoms with Gasteiger partial charge in [0.2, 0.25) is 0 Å². The van der Waals surface area contributed by atoms with Gasteiger partial charge in [0, 0.05) is 24.1 Å². The molecule has 1 unspecified atom stereocenters. The molecule has 5 heteroatoms. The van der Waals surface area contributed by atoms with E-state index in [0.717, 1.165) is 12.3 Å². The second-order valence-electron chi connectivity index (χ2n) is 4.07. The van der Waals surface area contributed by atoms with Crippen molar-refractivity contribution < 1.29 is 0 Å². The van der Waals surface area contributed by atoms with Gasteiger partial charge in [-0.25, -0.2) is 4.98 Å². The number of aromatic nitrogens is 2. The predicted molar refractivity (Wildman–Crippen MR) is 78.4 cm³/mol. The van der Waals surface area contributed by atoms with Gasteiger partial charge in [-0.3, -0.25) is 4.79 Å². The van der Waals surface area contributed by atoms with Gasteiger partial charge in [-0.15, -0.1) is 0 Å². The van der Waals surface area contributed by atoms with Crippen molar-refractivity contribution >= 4 is 11.8 Å². The predicted octanol–water partition coefficient (Wildman–Crippen LogP) is 2.21. The normalized spacial score (nSPS) is 12.3. The van der Waals surface area contributed by atoms with E-state index in [1.165, 1.54) is 17.8 Å². The zero-order valence-corrected chi connectivity index (χ0v) is 11.6. The van der Waals surface area contributed by atoms with Gasteiger partial charge >= 0.3 is 0 Å². The molecule has 0 amide bonds. The number of hydrogen-bond donors (Lipinski definition) is 2. The van der Waals surface area contributed by atoms with Crippen LogP contribution in [0.5, 0.6) is 0 Å². The summed E-state index contributed by atoms with van der Waals surface area (Å²) in [5.74, 6) is 0.824. The minimum Gasteiger partial charge on any atom is -0.309 e. The maximum Gasteiger partial charge on any atom is 0.251 e. The van der Waals surface area contributed by atoms with Crippen LogP contribution in [0.2, 0.25) is 0 Å². The van der Waals surface area contributed by atoms with E-state index in [9.17, 15) is 4.79 Å². The molecule has 0 radical (unpaired) electrons. The average Bonchev–Trinajstić information content (AvgIpc) is 2.44. The van der Waals surface area contributed by atoms with Gasteiger partial charge < -0.3 is 10.3 Å². The van der Waals surface area contributed by atoms with Crippen molar-refractivity contribution in [2.24, 2.45) is 0 Å². The number of benzene rings is 1. The molecule has 1 atom stereocenters. The Bertz CT molecular complexity index is 556. The van der Waals surface area contributed by atoms with Gasteiger partial charge in [-0.1, -0.05) is 49.0 Å². The molecule has 0 saturated heterocycles. The lowest BCUT2D eigenvalue weighted by atomic mass is 10.1. The monoisotopic (exact) mass is 275 g/mol. The van der Waals surface area contributed by atoms with Crippen LogP contribution in [0.25, 0.3) is 0 Å². The number of hydrogen-bond acceptors (Lipinski definition) is 4. The van der Waals surface area contributed by atoms with Crippen molar-refractivity contribution in [3.05, 3.63) is 58.5 Å². The Labute approximate surface area is 116 Å². The van der Waals surface area contributed by atoms with Gasteiger partial charge in [0.05, 0.1) is 0 Å². The summed E-state index contributed by atoms with van der Waals surface area (Å²) in [4.78, 5) is 18.1. The summed E-state index contributed by atoms with van der Waals surface area (Å²) in [6.07, 6.45) is 1.53. The molecule has 100 valence electrons. The van der Waals surface area contributed by atoms with Crippen LogP contribution >= 0.6 is 11.8 Å². The van der Waals surface area contributed by atoms with Crippen LogP contribution in [0, 0.1) is 0 Å². The Morgan fingerprint density at radius 1 is 1.32 bits per heavy atom. The Morgan fingerprint density at radius 3 is 2.79 bits per heavy atom. The molecular formula is C14H17N3OS. The molecule has 0 saturated carbocycles. The summed E-state index contributed by atoms with van der Waals surface area (Å²) in [6, 6.07) is 12.0. The second-order valence-corrected chi connectivity index (χ2v) is 5.08. The van der Waals surface area contributed by atoms with Crippen molar-refractivity contribution in [3.8, 4) is 0 Å². The number of H-pyrrole nitrogens is 1. The first-order valence-corrected chi connectivity index (χ1v) is 7.24. The molecule has 0 fully saturated rings. The van der Waals surface area contributed by atoms with Gasteiger partial charge in [0.15, 0.2) is 5.16 Å². The lowest BCUT2D eigenvalue weighted by Crippen LogP contribution is -2.23. The van der Waals surface area contributed by atoms with E-state index in [0.29, 0.717) is 5.16 Å². The summed E-state index contributed by atoms with van der Waals surface area (Å²) in [5, 5.41) is 4.10. The van der Waals surface area contributed by atoms with Crippen molar-refractivity contribution in [2.45, 2.75) is 18.1 Å². The zero-order chi connectivity index (χ0) is 13.5. The fraction of sp³-hybridized carbons (Fsp3) is 0.286. The van der Waals surface area contributed by atoms with E-state index in [1.54, 1.807) is 11.8 Å². The number of nitrogens with one attached hydrogen (secondary N) is 2. The van der Waals surface area contributed by atoms with Gasteiger partial charge in [0.25, 0.3) is 5.56 Å². The summed E-state index contributed by atoms with van der Waals surface area (Å²) >= 11 is 1.55. The highest BCUT2D eigenvalue weighted by atomic mass is 32.2. The Kier molecular flexibility index (Phi) is 5.18. The van der Waals surface area contributed by atoms with E-state index in [2.05, 4.69) is 34.3 Å². The summed E-state index contributed by atoms with van der Waals surface area (Å²) in [7, 11) is 0. The van der Waals surface area contributed by atoms with Crippen LogP contribution in [-0.2, 0) is 0 Å². The molecule has 0 aliphatic carbocycles. The van der Waals surface area contributed by atoms with Crippen LogP contribution in [0.15, 0.2) is 52.5 Å². The number of thioether (sulfide) groups is 1. The SMILES string of the molecule is CCNC(CSc1nccc(=O)[nH]1)c1ccccc1. The number of nitrogens with zero attached hydrogens (tertiary/aromatic N) is 1. The summed E-state index contributed by atoms with van der Waals surface area (Å²) < 4.78 is 0. The smallest absolute Gasteiger partial charge is 0.251 e. The third-order valence-electron chi connectivity index (χ3n) is 2.69. The number of aromatic amines is 1. The van der Waals surface area contributed by atoms with Crippen molar-refractivity contribution in [2.75, 3.05) is 12.3 Å². The molecule has 2 aromatic rings. The Morgan fingerprint density at radius 2 is 2.11 bits per heavy atom. The molecular weight excluding hydrogens is 258 g/mol. The van der Waals surface area contributed by atoms with Gasteiger partial charge in [0.1, 0.15) is 0 Å². The maximum absolute atomic E-state index is 11.2. The van der Waals surface area contributed by atoms with Crippen molar-refractivity contribution in [1.29, 1.82) is 0 Å². The van der Waals surface area contributed by atoms with E-state index in [-0.39, 0.29) is 11.6 Å². The minimum atomic E-state index is -0.114. The molecule has 1 aromatic heterocycles. The van der Waals surface area contributed by atoms with Gasteiger partial charge in [-0.05, 0) is 12.1 Å². The molecule has 2 rings (SSSR count). The van der Waals surface area contributed by atoms with E-state index in [1.807, 2.05) is 18.2 Å². The molecule has 0 bridgehead atoms. The molecule has 0 aliphatic heterocycles. The molecule has 4 nitrogen and oxygen atoms in total. The minimum absolute atomic E-state index is 0.114.